The number of anilines is 1. The van der Waals surface area contributed by atoms with E-state index in [1.807, 2.05) is 37.3 Å². The number of nitrogens with two attached hydrogens (primary N) is 1. The molecule has 2 rings (SSSR count). The molecule has 1 aromatic rings. The van der Waals surface area contributed by atoms with Gasteiger partial charge in [0.2, 0.25) is 5.91 Å². The molecule has 1 fully saturated rings. The van der Waals surface area contributed by atoms with Crippen LogP contribution in [0.15, 0.2) is 30.3 Å². The van der Waals surface area contributed by atoms with Gasteiger partial charge in [-0.15, -0.1) is 0 Å². The second-order valence-electron chi connectivity index (χ2n) is 4.57. The smallest absolute Gasteiger partial charge is 0.243 e. The van der Waals surface area contributed by atoms with Crippen LogP contribution in [-0.2, 0) is 9.53 Å². The topological polar surface area (TPSA) is 64.3 Å². The molecule has 0 aromatic heterocycles. The van der Waals surface area contributed by atoms with Crippen molar-refractivity contribution in [3.8, 4) is 0 Å². The van der Waals surface area contributed by atoms with Crippen LogP contribution in [0.5, 0.6) is 0 Å². The van der Waals surface area contributed by atoms with Crippen LogP contribution in [0.25, 0.3) is 0 Å². The molecule has 1 amide bonds. The van der Waals surface area contributed by atoms with Crippen molar-refractivity contribution >= 4 is 11.6 Å². The fourth-order valence-electron chi connectivity index (χ4n) is 2.28. The highest BCUT2D eigenvalue weighted by Crippen LogP contribution is 2.28. The number of para-hydroxylation sites is 1. The van der Waals surface area contributed by atoms with Gasteiger partial charge in [-0.1, -0.05) is 18.2 Å². The van der Waals surface area contributed by atoms with Crippen molar-refractivity contribution in [3.05, 3.63) is 30.3 Å². The summed E-state index contributed by atoms with van der Waals surface area (Å²) in [7, 11) is 0. The van der Waals surface area contributed by atoms with Crippen LogP contribution in [0.3, 0.4) is 0 Å². The average molecular weight is 234 g/mol. The highest BCUT2D eigenvalue weighted by Gasteiger charge is 2.40. The van der Waals surface area contributed by atoms with Gasteiger partial charge in [-0.05, 0) is 19.1 Å². The second kappa shape index (κ2) is 4.75. The Balaban J connectivity index is 2.20. The summed E-state index contributed by atoms with van der Waals surface area (Å²) < 4.78 is 5.47. The number of nitrogens with one attached hydrogen (secondary N) is 1. The predicted octanol–water partition coefficient (Wildman–Crippen LogP) is 1.52. The van der Waals surface area contributed by atoms with Crippen molar-refractivity contribution in [1.29, 1.82) is 0 Å². The number of primary amides is 1. The third-order valence-electron chi connectivity index (χ3n) is 3.20. The summed E-state index contributed by atoms with van der Waals surface area (Å²) in [5, 5.41) is 3.27. The molecule has 2 unspecified atom stereocenters. The first-order valence-corrected chi connectivity index (χ1v) is 5.87. The lowest BCUT2D eigenvalue weighted by Crippen LogP contribution is -2.55. The molecule has 0 bridgehead atoms. The number of rotatable bonds is 3. The first-order chi connectivity index (χ1) is 8.12. The largest absolute Gasteiger partial charge is 0.378 e. The Hall–Kier alpha value is -1.55. The molecule has 1 aliphatic rings. The standard InChI is InChI=1S/C13H18N2O2/c1-10-9-13(12(14)16,7-8-17-10)15-11-5-3-2-4-6-11/h2-6,10,15H,7-9H2,1H3,(H2,14,16). The molecule has 0 radical (unpaired) electrons. The number of carbonyl (C=O) groups excluding carboxylic acids is 1. The van der Waals surface area contributed by atoms with E-state index in [4.69, 9.17) is 10.5 Å². The molecule has 92 valence electrons. The summed E-state index contributed by atoms with van der Waals surface area (Å²) in [4.78, 5) is 11.7. The van der Waals surface area contributed by atoms with E-state index in [0.717, 1.165) is 5.69 Å². The highest BCUT2D eigenvalue weighted by atomic mass is 16.5. The van der Waals surface area contributed by atoms with Crippen LogP contribution >= 0.6 is 0 Å². The van der Waals surface area contributed by atoms with E-state index in [9.17, 15) is 4.79 Å². The molecular weight excluding hydrogens is 216 g/mol. The van der Waals surface area contributed by atoms with Gasteiger partial charge in [-0.2, -0.15) is 0 Å². The molecule has 1 heterocycles. The SMILES string of the molecule is CC1CC(Nc2ccccc2)(C(N)=O)CCO1. The van der Waals surface area contributed by atoms with Gasteiger partial charge in [-0.25, -0.2) is 0 Å². The highest BCUT2D eigenvalue weighted by molar-refractivity contribution is 5.88. The van der Waals surface area contributed by atoms with Crippen molar-refractivity contribution in [3.63, 3.8) is 0 Å². The molecule has 0 saturated carbocycles. The lowest BCUT2D eigenvalue weighted by atomic mass is 9.86. The lowest BCUT2D eigenvalue weighted by Gasteiger charge is -2.38. The number of hydrogen-bond acceptors (Lipinski definition) is 3. The van der Waals surface area contributed by atoms with Crippen molar-refractivity contribution < 1.29 is 9.53 Å². The van der Waals surface area contributed by atoms with Gasteiger partial charge in [0.15, 0.2) is 0 Å². The van der Waals surface area contributed by atoms with E-state index in [0.29, 0.717) is 19.4 Å². The molecule has 4 heteroatoms. The Morgan fingerprint density at radius 3 is 2.76 bits per heavy atom. The summed E-state index contributed by atoms with van der Waals surface area (Å²) >= 11 is 0. The fraction of sp³-hybridized carbons (Fsp3) is 0.462. The van der Waals surface area contributed by atoms with Gasteiger partial charge in [-0.3, -0.25) is 4.79 Å². The predicted molar refractivity (Wildman–Crippen MR) is 66.6 cm³/mol. The Kier molecular flexibility index (Phi) is 3.33. The van der Waals surface area contributed by atoms with Crippen LogP contribution in [0.1, 0.15) is 19.8 Å². The van der Waals surface area contributed by atoms with Crippen LogP contribution < -0.4 is 11.1 Å². The van der Waals surface area contributed by atoms with E-state index in [2.05, 4.69) is 5.32 Å². The number of amides is 1. The first-order valence-electron chi connectivity index (χ1n) is 5.87. The zero-order chi connectivity index (χ0) is 12.3. The van der Waals surface area contributed by atoms with Crippen molar-refractivity contribution in [2.75, 3.05) is 11.9 Å². The van der Waals surface area contributed by atoms with Crippen LogP contribution in [0, 0.1) is 0 Å². The molecule has 1 saturated heterocycles. The number of carbonyl (C=O) groups is 1. The Morgan fingerprint density at radius 1 is 1.47 bits per heavy atom. The van der Waals surface area contributed by atoms with E-state index in [1.165, 1.54) is 0 Å². The van der Waals surface area contributed by atoms with Crippen molar-refractivity contribution in [2.45, 2.75) is 31.4 Å². The molecule has 1 aromatic carbocycles. The van der Waals surface area contributed by atoms with Gasteiger partial charge < -0.3 is 15.8 Å². The van der Waals surface area contributed by atoms with E-state index in [1.54, 1.807) is 0 Å². The van der Waals surface area contributed by atoms with Gasteiger partial charge >= 0.3 is 0 Å². The average Bonchev–Trinajstić information content (AvgIpc) is 2.30. The van der Waals surface area contributed by atoms with Gasteiger partial charge in [0, 0.05) is 25.1 Å². The quantitative estimate of drug-likeness (QED) is 0.833. The molecule has 4 nitrogen and oxygen atoms in total. The van der Waals surface area contributed by atoms with Crippen LogP contribution in [0.4, 0.5) is 5.69 Å². The summed E-state index contributed by atoms with van der Waals surface area (Å²) in [6.07, 6.45) is 1.27. The lowest BCUT2D eigenvalue weighted by molar-refractivity contribution is -0.127. The molecule has 0 aliphatic carbocycles. The fourth-order valence-corrected chi connectivity index (χ4v) is 2.28. The molecule has 17 heavy (non-hydrogen) atoms. The van der Waals surface area contributed by atoms with Gasteiger partial charge in [0.05, 0.1) is 6.10 Å². The number of hydrogen-bond donors (Lipinski definition) is 2. The zero-order valence-corrected chi connectivity index (χ0v) is 9.98. The molecule has 1 aliphatic heterocycles. The number of ether oxygens (including phenoxy) is 1. The normalized spacial score (nSPS) is 28.6. The summed E-state index contributed by atoms with van der Waals surface area (Å²) in [6, 6.07) is 9.67. The summed E-state index contributed by atoms with van der Waals surface area (Å²) in [5.41, 5.74) is 5.79. The third kappa shape index (κ3) is 2.58. The number of benzene rings is 1. The minimum absolute atomic E-state index is 0.0486. The van der Waals surface area contributed by atoms with Crippen LogP contribution in [-0.4, -0.2) is 24.2 Å². The van der Waals surface area contributed by atoms with Crippen molar-refractivity contribution in [1.82, 2.24) is 0 Å². The van der Waals surface area contributed by atoms with E-state index in [-0.39, 0.29) is 12.0 Å². The minimum Gasteiger partial charge on any atom is -0.378 e. The molecule has 2 atom stereocenters. The third-order valence-corrected chi connectivity index (χ3v) is 3.20. The Morgan fingerprint density at radius 2 is 2.18 bits per heavy atom. The molecule has 3 N–H and O–H groups in total. The zero-order valence-electron chi connectivity index (χ0n) is 9.98. The monoisotopic (exact) mass is 234 g/mol. The molecular formula is C13H18N2O2. The molecule has 0 spiro atoms. The maximum atomic E-state index is 11.7. The summed E-state index contributed by atoms with van der Waals surface area (Å²) in [6.45, 7) is 2.52. The maximum Gasteiger partial charge on any atom is 0.243 e. The van der Waals surface area contributed by atoms with Gasteiger partial charge in [0.1, 0.15) is 5.54 Å². The van der Waals surface area contributed by atoms with E-state index < -0.39 is 5.54 Å². The van der Waals surface area contributed by atoms with Crippen LogP contribution in [0.2, 0.25) is 0 Å². The van der Waals surface area contributed by atoms with Gasteiger partial charge in [0.25, 0.3) is 0 Å². The summed E-state index contributed by atoms with van der Waals surface area (Å²) in [5.74, 6) is -0.309. The second-order valence-corrected chi connectivity index (χ2v) is 4.57. The Labute approximate surface area is 101 Å². The van der Waals surface area contributed by atoms with E-state index >= 15 is 0 Å². The van der Waals surface area contributed by atoms with Crippen molar-refractivity contribution in [2.24, 2.45) is 5.73 Å². The maximum absolute atomic E-state index is 11.7. The Bertz CT molecular complexity index is 394. The minimum atomic E-state index is -0.682. The first kappa shape index (κ1) is 11.9.